The molecule has 8 nitrogen and oxygen atoms in total. The molecule has 138 valence electrons. The van der Waals surface area contributed by atoms with Crippen LogP contribution in [0.1, 0.15) is 25.3 Å². The van der Waals surface area contributed by atoms with Gasteiger partial charge in [0.2, 0.25) is 17.6 Å². The summed E-state index contributed by atoms with van der Waals surface area (Å²) in [7, 11) is 0. The van der Waals surface area contributed by atoms with E-state index in [-0.39, 0.29) is 11.5 Å². The molecule has 1 aromatic heterocycles. The van der Waals surface area contributed by atoms with Crippen LogP contribution in [0.3, 0.4) is 0 Å². The number of piperidine rings is 1. The zero-order chi connectivity index (χ0) is 18.5. The highest BCUT2D eigenvalue weighted by Gasteiger charge is 2.29. The lowest BCUT2D eigenvalue weighted by molar-refractivity contribution is -0.383. The molecular weight excluding hydrogens is 332 g/mol. The van der Waals surface area contributed by atoms with Crippen molar-refractivity contribution in [2.75, 3.05) is 35.6 Å². The van der Waals surface area contributed by atoms with E-state index in [9.17, 15) is 10.1 Å². The summed E-state index contributed by atoms with van der Waals surface area (Å²) in [6, 6.07) is 10.1. The summed E-state index contributed by atoms with van der Waals surface area (Å²) in [6.07, 6.45) is 2.91. The van der Waals surface area contributed by atoms with E-state index in [1.807, 2.05) is 35.2 Å². The maximum absolute atomic E-state index is 11.5. The summed E-state index contributed by atoms with van der Waals surface area (Å²) >= 11 is 0. The number of nitro groups is 1. The number of nitrogens with zero attached hydrogens (tertiary/aromatic N) is 4. The number of anilines is 3. The Bertz CT molecular complexity index is 768. The predicted octanol–water partition coefficient (Wildman–Crippen LogP) is 2.86. The second-order valence-electron chi connectivity index (χ2n) is 6.72. The first-order valence-corrected chi connectivity index (χ1v) is 8.89. The van der Waals surface area contributed by atoms with Gasteiger partial charge in [-0.15, -0.1) is 0 Å². The zero-order valence-electron chi connectivity index (χ0n) is 14.9. The van der Waals surface area contributed by atoms with E-state index in [2.05, 4.69) is 22.2 Å². The predicted molar refractivity (Wildman–Crippen MR) is 102 cm³/mol. The van der Waals surface area contributed by atoms with Crippen molar-refractivity contribution in [1.29, 1.82) is 0 Å². The number of aromatic nitrogens is 2. The number of nitrogens with one attached hydrogen (secondary N) is 1. The number of benzene rings is 1. The van der Waals surface area contributed by atoms with E-state index in [1.165, 1.54) is 5.56 Å². The third-order valence-electron chi connectivity index (χ3n) is 4.57. The molecule has 3 rings (SSSR count). The van der Waals surface area contributed by atoms with Crippen molar-refractivity contribution in [2.24, 2.45) is 5.92 Å². The van der Waals surface area contributed by atoms with Gasteiger partial charge in [0.25, 0.3) is 0 Å². The lowest BCUT2D eigenvalue weighted by Crippen LogP contribution is -2.35. The Morgan fingerprint density at radius 3 is 2.81 bits per heavy atom. The summed E-state index contributed by atoms with van der Waals surface area (Å²) < 4.78 is 0. The Morgan fingerprint density at radius 1 is 1.35 bits per heavy atom. The van der Waals surface area contributed by atoms with Crippen LogP contribution in [-0.2, 0) is 6.42 Å². The lowest BCUT2D eigenvalue weighted by Gasteiger charge is -2.31. The summed E-state index contributed by atoms with van der Waals surface area (Å²) in [4.78, 5) is 21.5. The van der Waals surface area contributed by atoms with Gasteiger partial charge < -0.3 is 16.0 Å². The number of hydrogen-bond donors (Lipinski definition) is 2. The van der Waals surface area contributed by atoms with E-state index in [4.69, 9.17) is 5.73 Å². The molecule has 1 saturated heterocycles. The van der Waals surface area contributed by atoms with Gasteiger partial charge in [-0.3, -0.25) is 10.1 Å². The maximum atomic E-state index is 11.5. The molecule has 0 unspecified atom stereocenters. The summed E-state index contributed by atoms with van der Waals surface area (Å²) in [5.74, 6) is 1.02. The fourth-order valence-corrected chi connectivity index (χ4v) is 3.28. The van der Waals surface area contributed by atoms with E-state index >= 15 is 0 Å². The van der Waals surface area contributed by atoms with Crippen molar-refractivity contribution >= 4 is 23.3 Å². The van der Waals surface area contributed by atoms with Gasteiger partial charge in [0.05, 0.1) is 4.92 Å². The van der Waals surface area contributed by atoms with Gasteiger partial charge in [0.15, 0.2) is 0 Å². The first-order chi connectivity index (χ1) is 12.5. The van der Waals surface area contributed by atoms with E-state index in [0.29, 0.717) is 24.2 Å². The maximum Gasteiger partial charge on any atom is 0.353 e. The van der Waals surface area contributed by atoms with Crippen molar-refractivity contribution in [3.8, 4) is 0 Å². The van der Waals surface area contributed by atoms with Crippen molar-refractivity contribution in [2.45, 2.75) is 26.2 Å². The summed E-state index contributed by atoms with van der Waals surface area (Å²) in [5, 5.41) is 14.6. The normalized spacial score (nSPS) is 17.1. The van der Waals surface area contributed by atoms with E-state index in [0.717, 1.165) is 32.4 Å². The van der Waals surface area contributed by atoms with Gasteiger partial charge in [0, 0.05) is 19.6 Å². The minimum Gasteiger partial charge on any atom is -0.378 e. The third kappa shape index (κ3) is 4.19. The molecule has 1 fully saturated rings. The molecular formula is C18H24N6O2. The molecule has 1 aromatic carbocycles. The average Bonchev–Trinajstić information content (AvgIpc) is 2.62. The molecule has 1 aliphatic rings. The first kappa shape index (κ1) is 17.9. The van der Waals surface area contributed by atoms with Crippen LogP contribution >= 0.6 is 0 Å². The van der Waals surface area contributed by atoms with Gasteiger partial charge in [-0.1, -0.05) is 37.3 Å². The molecule has 0 spiro atoms. The van der Waals surface area contributed by atoms with Crippen LogP contribution in [0.15, 0.2) is 30.3 Å². The van der Waals surface area contributed by atoms with Crippen molar-refractivity contribution in [3.63, 3.8) is 0 Å². The van der Waals surface area contributed by atoms with Gasteiger partial charge in [-0.2, -0.15) is 9.97 Å². The van der Waals surface area contributed by atoms with Gasteiger partial charge in [0.1, 0.15) is 0 Å². The first-order valence-electron chi connectivity index (χ1n) is 8.89. The fourth-order valence-electron chi connectivity index (χ4n) is 3.28. The van der Waals surface area contributed by atoms with Crippen LogP contribution in [0.4, 0.5) is 23.3 Å². The number of nitrogens with two attached hydrogens (primary N) is 1. The SMILES string of the molecule is C[C@H]1CCCN(c2nc(NCCc3ccccc3)nc(N)c2[N+](=O)[O-])C1. The van der Waals surface area contributed by atoms with Crippen LogP contribution in [0.5, 0.6) is 0 Å². The molecule has 0 amide bonds. The fraction of sp³-hybridized carbons (Fsp3) is 0.444. The molecule has 0 radical (unpaired) electrons. The molecule has 1 aliphatic heterocycles. The molecule has 2 heterocycles. The Balaban J connectivity index is 1.79. The highest BCUT2D eigenvalue weighted by atomic mass is 16.6. The highest BCUT2D eigenvalue weighted by molar-refractivity contribution is 5.71. The van der Waals surface area contributed by atoms with Crippen LogP contribution in [0, 0.1) is 16.0 Å². The topological polar surface area (TPSA) is 110 Å². The second-order valence-corrected chi connectivity index (χ2v) is 6.72. The molecule has 2 aromatic rings. The minimum atomic E-state index is -0.488. The lowest BCUT2D eigenvalue weighted by atomic mass is 10.0. The quantitative estimate of drug-likeness (QED) is 0.605. The van der Waals surface area contributed by atoms with Gasteiger partial charge in [-0.05, 0) is 30.7 Å². The van der Waals surface area contributed by atoms with Crippen molar-refractivity contribution in [3.05, 3.63) is 46.0 Å². The van der Waals surface area contributed by atoms with Crippen LogP contribution in [0.25, 0.3) is 0 Å². The standard InChI is InChI=1S/C18H24N6O2/c1-13-6-5-11-23(12-13)17-15(24(25)26)16(19)21-18(22-17)20-10-9-14-7-3-2-4-8-14/h2-4,7-8,13H,5-6,9-12H2,1H3,(H3,19,20,21,22)/t13-/m0/s1. The molecule has 0 aliphatic carbocycles. The Kier molecular flexibility index (Phi) is 5.50. The van der Waals surface area contributed by atoms with Gasteiger partial charge in [-0.25, -0.2) is 0 Å². The minimum absolute atomic E-state index is 0.0968. The van der Waals surface area contributed by atoms with E-state index < -0.39 is 4.92 Å². The van der Waals surface area contributed by atoms with Crippen molar-refractivity contribution < 1.29 is 4.92 Å². The number of hydrogen-bond acceptors (Lipinski definition) is 7. The molecule has 3 N–H and O–H groups in total. The largest absolute Gasteiger partial charge is 0.378 e. The number of nitrogen functional groups attached to an aromatic ring is 1. The summed E-state index contributed by atoms with van der Waals surface area (Å²) in [6.45, 7) is 4.24. The van der Waals surface area contributed by atoms with Crippen LogP contribution in [-0.4, -0.2) is 34.5 Å². The highest BCUT2D eigenvalue weighted by Crippen LogP contribution is 2.34. The molecule has 8 heteroatoms. The second kappa shape index (κ2) is 7.99. The van der Waals surface area contributed by atoms with Crippen LogP contribution < -0.4 is 16.0 Å². The zero-order valence-corrected chi connectivity index (χ0v) is 14.9. The molecule has 1 atom stereocenters. The van der Waals surface area contributed by atoms with Gasteiger partial charge >= 0.3 is 5.69 Å². The Labute approximate surface area is 152 Å². The molecule has 0 saturated carbocycles. The van der Waals surface area contributed by atoms with Crippen LogP contribution in [0.2, 0.25) is 0 Å². The summed E-state index contributed by atoms with van der Waals surface area (Å²) in [5.41, 5.74) is 6.88. The van der Waals surface area contributed by atoms with Crippen molar-refractivity contribution in [1.82, 2.24) is 9.97 Å². The van der Waals surface area contributed by atoms with E-state index in [1.54, 1.807) is 0 Å². The third-order valence-corrected chi connectivity index (χ3v) is 4.57. The Morgan fingerprint density at radius 2 is 2.12 bits per heavy atom. The monoisotopic (exact) mass is 356 g/mol. The smallest absolute Gasteiger partial charge is 0.353 e. The Hall–Kier alpha value is -2.90. The molecule has 0 bridgehead atoms. The molecule has 26 heavy (non-hydrogen) atoms. The average molecular weight is 356 g/mol. The number of rotatable bonds is 6.